The third-order valence-electron chi connectivity index (χ3n) is 13.5. The molecule has 0 saturated heterocycles. The molecule has 11 rings (SSSR count). The van der Waals surface area contributed by atoms with Crippen LogP contribution in [0.5, 0.6) is 0 Å². The molecule has 3 aromatic carbocycles. The Morgan fingerprint density at radius 2 is 0.899 bits per heavy atom. The summed E-state index contributed by atoms with van der Waals surface area (Å²) in [7, 11) is 2.05. The molecule has 336 valence electrons. The average molecular weight is 899 g/mol. The third kappa shape index (κ3) is 9.11. The minimum absolute atomic E-state index is 0.880. The highest BCUT2D eigenvalue weighted by Crippen LogP contribution is 2.35. The van der Waals surface area contributed by atoms with E-state index in [1.807, 2.05) is 7.05 Å². The molecule has 0 fully saturated rings. The maximum Gasteiger partial charge on any atom is 0.218 e. The van der Waals surface area contributed by atoms with E-state index in [0.717, 1.165) is 123 Å². The summed E-state index contributed by atoms with van der Waals surface area (Å²) in [6.45, 7) is 8.35. The molecule has 7 heteroatoms. The van der Waals surface area contributed by atoms with Crippen molar-refractivity contribution in [3.05, 3.63) is 268 Å². The van der Waals surface area contributed by atoms with Gasteiger partial charge in [-0.1, -0.05) is 89.5 Å². The van der Waals surface area contributed by atoms with Gasteiger partial charge >= 0.3 is 0 Å². The van der Waals surface area contributed by atoms with Gasteiger partial charge in [0.25, 0.3) is 0 Å². The summed E-state index contributed by atoms with van der Waals surface area (Å²) in [5.74, 6) is 0. The fourth-order valence-electron chi connectivity index (χ4n) is 9.61. The molecule has 7 aliphatic heterocycles. The molecule has 2 N–H and O–H groups in total. The summed E-state index contributed by atoms with van der Waals surface area (Å²) >= 11 is 0. The van der Waals surface area contributed by atoms with Crippen molar-refractivity contribution in [1.82, 2.24) is 9.80 Å². The number of aryl methyl sites for hydroxylation is 4. The Hall–Kier alpha value is -8.29. The van der Waals surface area contributed by atoms with Crippen LogP contribution >= 0.6 is 0 Å². The zero-order valence-electron chi connectivity index (χ0n) is 39.7. The second-order valence-corrected chi connectivity index (χ2v) is 18.6. The van der Waals surface area contributed by atoms with E-state index in [0.29, 0.717) is 0 Å². The number of hydrogen-bond donors (Lipinski definition) is 2. The molecule has 0 radical (unpaired) electrons. The number of unbranched alkanes of at least 4 members (excludes halogenated alkanes) is 2. The van der Waals surface area contributed by atoms with Crippen molar-refractivity contribution in [2.75, 3.05) is 13.6 Å². The Morgan fingerprint density at radius 3 is 1.48 bits per heavy atom. The van der Waals surface area contributed by atoms with Gasteiger partial charge in [0.05, 0.1) is 34.0 Å². The topological polar surface area (TPSA) is 63.0 Å². The van der Waals surface area contributed by atoms with Gasteiger partial charge in [0, 0.05) is 86.8 Å². The van der Waals surface area contributed by atoms with Crippen LogP contribution < -0.4 is 14.6 Å². The van der Waals surface area contributed by atoms with Gasteiger partial charge in [-0.3, -0.25) is 0 Å². The lowest BCUT2D eigenvalue weighted by molar-refractivity contribution is -0.697. The monoisotopic (exact) mass is 898 g/mol. The van der Waals surface area contributed by atoms with Crippen LogP contribution in [-0.4, -0.2) is 46.2 Å². The standard InChI is InChI=1S/C62H54N7/c1-42-8-14-47(15-9-42)59-51-20-22-53(63-51)60(48-16-10-43(2)11-17-48)55-24-26-57(65-55)62(58-27-25-56(66-58)61(54-23-21-52(59)64-54)49-18-12-44(3)13-19-49)50-32-40-69(41-33-50)35-7-5-6-34-68-38-30-46(31-39-68)45-28-36-67(4)37-29-45/h8-33,36-41H,5-7,34-35H2,1-4H3/q+1/p+2. The molecule has 0 saturated carbocycles. The van der Waals surface area contributed by atoms with E-state index in [-0.39, 0.29) is 0 Å². The zero-order chi connectivity index (χ0) is 46.8. The van der Waals surface area contributed by atoms with Crippen LogP contribution in [0.1, 0.15) is 58.2 Å². The SMILES string of the molecule is Cc1ccc(C2=C3C=CC(=N3)C(c3cc[n+](CCCCCN4C=CC(=C5C=CN(C)C=C5)C=C4)cc3)=C3C=CC(=N3)C(c3ccc(C)cc3)=C3C=CC(=[NH+]3)C(c3ccc(C)cc3)=C3C=CC2=[NH+]3)cc1. The Labute approximate surface area is 405 Å². The van der Waals surface area contributed by atoms with Crippen molar-refractivity contribution in [2.24, 2.45) is 9.98 Å². The highest BCUT2D eigenvalue weighted by molar-refractivity contribution is 6.37. The lowest BCUT2D eigenvalue weighted by Crippen LogP contribution is -2.71. The molecule has 69 heavy (non-hydrogen) atoms. The molecule has 1 aromatic heterocycles. The molecule has 7 nitrogen and oxygen atoms in total. The molecule has 8 heterocycles. The van der Waals surface area contributed by atoms with Crippen LogP contribution in [-0.2, 0) is 6.54 Å². The maximum atomic E-state index is 5.51. The smallest absolute Gasteiger partial charge is 0.218 e. The van der Waals surface area contributed by atoms with Crippen LogP contribution in [0, 0.1) is 20.8 Å². The molecule has 7 aliphatic rings. The van der Waals surface area contributed by atoms with E-state index in [1.165, 1.54) is 27.8 Å². The summed E-state index contributed by atoms with van der Waals surface area (Å²) in [6.07, 6.45) is 42.6. The van der Waals surface area contributed by atoms with E-state index >= 15 is 0 Å². The third-order valence-corrected chi connectivity index (χ3v) is 13.5. The molecular formula is C62H56N7+3. The van der Waals surface area contributed by atoms with Gasteiger partial charge < -0.3 is 9.80 Å². The Morgan fingerprint density at radius 1 is 0.435 bits per heavy atom. The second-order valence-electron chi connectivity index (χ2n) is 18.6. The fraction of sp³-hybridized carbons (Fsp3) is 0.145. The molecular weight excluding hydrogens is 843 g/mol. The molecule has 0 unspecified atom stereocenters. The van der Waals surface area contributed by atoms with Gasteiger partial charge in [0.15, 0.2) is 12.4 Å². The van der Waals surface area contributed by atoms with Crippen LogP contribution in [0.3, 0.4) is 0 Å². The van der Waals surface area contributed by atoms with E-state index in [9.17, 15) is 0 Å². The maximum absolute atomic E-state index is 5.51. The predicted molar refractivity (Wildman–Crippen MR) is 283 cm³/mol. The first kappa shape index (κ1) is 43.3. The van der Waals surface area contributed by atoms with Gasteiger partial charge in [-0.05, 0) is 116 Å². The second kappa shape index (κ2) is 18.8. The summed E-state index contributed by atoms with van der Waals surface area (Å²) < 4.78 is 2.30. The minimum atomic E-state index is 0.880. The summed E-state index contributed by atoms with van der Waals surface area (Å²) in [5.41, 5.74) is 22.3. The van der Waals surface area contributed by atoms with Gasteiger partial charge in [0.1, 0.15) is 12.1 Å². The highest BCUT2D eigenvalue weighted by Gasteiger charge is 2.33. The number of aromatic nitrogens is 1. The number of nitrogens with one attached hydrogen (secondary N) is 2. The molecule has 0 atom stereocenters. The molecule has 4 aromatic rings. The number of pyridine rings is 1. The quantitative estimate of drug-likeness (QED) is 0.124. The van der Waals surface area contributed by atoms with Crippen molar-refractivity contribution >= 4 is 45.1 Å². The van der Waals surface area contributed by atoms with Crippen LogP contribution in [0.25, 0.3) is 22.3 Å². The van der Waals surface area contributed by atoms with E-state index in [1.54, 1.807) is 0 Å². The molecule has 0 amide bonds. The van der Waals surface area contributed by atoms with Crippen LogP contribution in [0.2, 0.25) is 0 Å². The van der Waals surface area contributed by atoms with Crippen molar-refractivity contribution in [1.29, 1.82) is 0 Å². The molecule has 0 aliphatic carbocycles. The summed E-state index contributed by atoms with van der Waals surface area (Å²) in [6, 6.07) is 30.8. The van der Waals surface area contributed by atoms with E-state index in [4.69, 9.17) is 9.98 Å². The van der Waals surface area contributed by atoms with Crippen molar-refractivity contribution < 1.29 is 14.6 Å². The number of fused-ring (bicyclic) bond motifs is 4. The highest BCUT2D eigenvalue weighted by atomic mass is 15.1. The van der Waals surface area contributed by atoms with Crippen LogP contribution in [0.4, 0.5) is 0 Å². The lowest BCUT2D eigenvalue weighted by Gasteiger charge is -2.20. The average Bonchev–Trinajstić information content (AvgIpc) is 4.23. The molecule has 0 spiro atoms. The number of benzene rings is 3. The Balaban J connectivity index is 0.945. The number of rotatable bonds is 10. The fourth-order valence-corrected chi connectivity index (χ4v) is 9.61. The van der Waals surface area contributed by atoms with E-state index < -0.39 is 0 Å². The first-order valence-corrected chi connectivity index (χ1v) is 24.1. The van der Waals surface area contributed by atoms with E-state index in [2.05, 4.69) is 240 Å². The largest absolute Gasteiger partial charge is 0.357 e. The minimum Gasteiger partial charge on any atom is -0.357 e. The van der Waals surface area contributed by atoms with Gasteiger partial charge in [-0.15, -0.1) is 0 Å². The Kier molecular flexibility index (Phi) is 11.8. The van der Waals surface area contributed by atoms with Gasteiger partial charge in [0.2, 0.25) is 22.8 Å². The predicted octanol–water partition coefficient (Wildman–Crippen LogP) is 8.85. The van der Waals surface area contributed by atoms with Gasteiger partial charge in [-0.2, -0.15) is 0 Å². The van der Waals surface area contributed by atoms with Crippen molar-refractivity contribution in [3.63, 3.8) is 0 Å². The lowest BCUT2D eigenvalue weighted by atomic mass is 9.97. The zero-order valence-corrected chi connectivity index (χ0v) is 39.7. The molecule has 8 bridgehead atoms. The van der Waals surface area contributed by atoms with Crippen LogP contribution in [0.15, 0.2) is 239 Å². The number of allylic oxidation sites excluding steroid dienone is 18. The van der Waals surface area contributed by atoms with Crippen molar-refractivity contribution in [3.8, 4) is 0 Å². The Bertz CT molecular complexity index is 3240. The summed E-state index contributed by atoms with van der Waals surface area (Å²) in [4.78, 5) is 23.2. The normalized spacial score (nSPS) is 18.0. The summed E-state index contributed by atoms with van der Waals surface area (Å²) in [5, 5.41) is 0. The number of hydrogen-bond acceptors (Lipinski definition) is 4. The van der Waals surface area contributed by atoms with Gasteiger partial charge in [-0.25, -0.2) is 24.5 Å². The first-order valence-electron chi connectivity index (χ1n) is 24.1. The first-order chi connectivity index (χ1) is 33.8. The number of aliphatic imine (C=N–C) groups is 2. The number of nitrogens with zero attached hydrogens (tertiary/aromatic N) is 5. The van der Waals surface area contributed by atoms with Crippen molar-refractivity contribution in [2.45, 2.75) is 46.6 Å².